The summed E-state index contributed by atoms with van der Waals surface area (Å²) in [5.41, 5.74) is 8.16. The van der Waals surface area contributed by atoms with E-state index < -0.39 is 0 Å². The molecule has 0 fully saturated rings. The highest BCUT2D eigenvalue weighted by Gasteiger charge is 2.23. The smallest absolute Gasteiger partial charge is 0.0316 e. The number of rotatable bonds is 6. The third-order valence-electron chi connectivity index (χ3n) is 3.96. The van der Waals surface area contributed by atoms with Crippen LogP contribution in [0.4, 0.5) is 5.69 Å². The van der Waals surface area contributed by atoms with Crippen molar-refractivity contribution >= 4 is 5.69 Å². The average Bonchev–Trinajstić information content (AvgIpc) is 2.29. The lowest BCUT2D eigenvalue weighted by Crippen LogP contribution is -2.27. The third-order valence-corrected chi connectivity index (χ3v) is 3.96. The second-order valence-corrected chi connectivity index (χ2v) is 5.78. The van der Waals surface area contributed by atoms with Crippen molar-refractivity contribution in [3.63, 3.8) is 0 Å². The van der Waals surface area contributed by atoms with Crippen LogP contribution in [0.5, 0.6) is 0 Å². The molecule has 2 N–H and O–H groups in total. The lowest BCUT2D eigenvalue weighted by Gasteiger charge is -2.30. The number of nitrogens with zero attached hydrogens (tertiary/aromatic N) is 1. The molecule has 18 heavy (non-hydrogen) atoms. The molecule has 3 atom stereocenters. The maximum absolute atomic E-state index is 5.90. The summed E-state index contributed by atoms with van der Waals surface area (Å²) >= 11 is 0. The van der Waals surface area contributed by atoms with E-state index >= 15 is 0 Å². The van der Waals surface area contributed by atoms with Gasteiger partial charge in [0.1, 0.15) is 0 Å². The van der Waals surface area contributed by atoms with E-state index in [0.717, 1.165) is 12.2 Å². The molecule has 0 spiro atoms. The predicted octanol–water partition coefficient (Wildman–Crippen LogP) is 3.60. The Kier molecular flexibility index (Phi) is 5.67. The molecule has 0 aromatic heterocycles. The van der Waals surface area contributed by atoms with Crippen LogP contribution in [0, 0.1) is 11.8 Å². The largest absolute Gasteiger partial charge is 0.399 e. The second-order valence-electron chi connectivity index (χ2n) is 5.78. The number of benzene rings is 1. The molecule has 1 aromatic rings. The van der Waals surface area contributed by atoms with E-state index in [0.29, 0.717) is 17.8 Å². The van der Waals surface area contributed by atoms with E-state index in [4.69, 9.17) is 5.73 Å². The topological polar surface area (TPSA) is 29.3 Å². The van der Waals surface area contributed by atoms with Gasteiger partial charge in [-0.05, 0) is 56.0 Å². The zero-order chi connectivity index (χ0) is 13.7. The Morgan fingerprint density at radius 2 is 1.89 bits per heavy atom. The molecule has 1 aromatic carbocycles. The molecule has 0 aliphatic heterocycles. The Morgan fingerprint density at radius 3 is 2.39 bits per heavy atom. The fourth-order valence-electron chi connectivity index (χ4n) is 2.84. The van der Waals surface area contributed by atoms with Gasteiger partial charge in [0.05, 0.1) is 0 Å². The van der Waals surface area contributed by atoms with Gasteiger partial charge in [0, 0.05) is 12.2 Å². The van der Waals surface area contributed by atoms with Crippen LogP contribution in [-0.4, -0.2) is 25.5 Å². The molecule has 1 rings (SSSR count). The van der Waals surface area contributed by atoms with Crippen LogP contribution >= 0.6 is 0 Å². The third kappa shape index (κ3) is 4.02. The molecule has 0 heterocycles. The van der Waals surface area contributed by atoms with Gasteiger partial charge >= 0.3 is 0 Å². The van der Waals surface area contributed by atoms with Crippen molar-refractivity contribution in [2.75, 3.05) is 26.4 Å². The standard InChI is InChI=1S/C16H28N2/c1-6-16(13(3)12(2)11-18(4)5)14-8-7-9-15(17)10-14/h7-10,12-13,16H,6,11,17H2,1-5H3. The summed E-state index contributed by atoms with van der Waals surface area (Å²) in [6, 6.07) is 8.37. The van der Waals surface area contributed by atoms with Crippen LogP contribution in [0.3, 0.4) is 0 Å². The molecule has 0 radical (unpaired) electrons. The van der Waals surface area contributed by atoms with Crippen molar-refractivity contribution in [2.45, 2.75) is 33.1 Å². The van der Waals surface area contributed by atoms with Crippen molar-refractivity contribution in [1.29, 1.82) is 0 Å². The van der Waals surface area contributed by atoms with Crippen LogP contribution in [-0.2, 0) is 0 Å². The summed E-state index contributed by atoms with van der Waals surface area (Å²) in [4.78, 5) is 2.27. The Bertz CT molecular complexity index is 360. The first-order valence-corrected chi connectivity index (χ1v) is 6.95. The van der Waals surface area contributed by atoms with Gasteiger partial charge < -0.3 is 10.6 Å². The molecule has 0 amide bonds. The van der Waals surface area contributed by atoms with Gasteiger partial charge in [-0.1, -0.05) is 32.9 Å². The minimum atomic E-state index is 0.600. The van der Waals surface area contributed by atoms with Gasteiger partial charge in [0.25, 0.3) is 0 Å². The van der Waals surface area contributed by atoms with E-state index in [-0.39, 0.29) is 0 Å². The zero-order valence-corrected chi connectivity index (χ0v) is 12.5. The Labute approximate surface area is 112 Å². The fourth-order valence-corrected chi connectivity index (χ4v) is 2.84. The normalized spacial score (nSPS) is 16.6. The van der Waals surface area contributed by atoms with Crippen molar-refractivity contribution < 1.29 is 0 Å². The summed E-state index contributed by atoms with van der Waals surface area (Å²) in [5, 5.41) is 0. The highest BCUT2D eigenvalue weighted by Crippen LogP contribution is 2.33. The first-order chi connectivity index (χ1) is 8.45. The molecular weight excluding hydrogens is 220 g/mol. The fraction of sp³-hybridized carbons (Fsp3) is 0.625. The van der Waals surface area contributed by atoms with E-state index in [2.05, 4.69) is 58.0 Å². The van der Waals surface area contributed by atoms with Crippen LogP contribution in [0.1, 0.15) is 38.7 Å². The molecule has 0 saturated heterocycles. The Morgan fingerprint density at radius 1 is 1.22 bits per heavy atom. The Balaban J connectivity index is 2.82. The highest BCUT2D eigenvalue weighted by molar-refractivity contribution is 5.42. The molecule has 0 aliphatic rings. The van der Waals surface area contributed by atoms with E-state index in [1.165, 1.54) is 12.0 Å². The molecule has 102 valence electrons. The zero-order valence-electron chi connectivity index (χ0n) is 12.5. The maximum atomic E-state index is 5.90. The number of nitrogen functional groups attached to an aromatic ring is 1. The van der Waals surface area contributed by atoms with Crippen LogP contribution in [0.25, 0.3) is 0 Å². The molecule has 2 nitrogen and oxygen atoms in total. The summed E-state index contributed by atoms with van der Waals surface area (Å²) in [6.07, 6.45) is 1.17. The highest BCUT2D eigenvalue weighted by atomic mass is 15.1. The van der Waals surface area contributed by atoms with Crippen molar-refractivity contribution in [3.8, 4) is 0 Å². The SMILES string of the molecule is CCC(c1cccc(N)c1)C(C)C(C)CN(C)C. The first kappa shape index (κ1) is 15.0. The monoisotopic (exact) mass is 248 g/mol. The minimum absolute atomic E-state index is 0.600. The van der Waals surface area contributed by atoms with Gasteiger partial charge in [-0.2, -0.15) is 0 Å². The van der Waals surface area contributed by atoms with Gasteiger partial charge in [0.15, 0.2) is 0 Å². The summed E-state index contributed by atoms with van der Waals surface area (Å²) in [6.45, 7) is 8.12. The number of hydrogen-bond donors (Lipinski definition) is 1. The van der Waals surface area contributed by atoms with Crippen LogP contribution in [0.15, 0.2) is 24.3 Å². The lowest BCUT2D eigenvalue weighted by atomic mass is 9.78. The average molecular weight is 248 g/mol. The van der Waals surface area contributed by atoms with Crippen molar-refractivity contribution in [3.05, 3.63) is 29.8 Å². The summed E-state index contributed by atoms with van der Waals surface area (Å²) < 4.78 is 0. The molecular formula is C16H28N2. The van der Waals surface area contributed by atoms with Gasteiger partial charge in [-0.3, -0.25) is 0 Å². The van der Waals surface area contributed by atoms with Gasteiger partial charge in [0.2, 0.25) is 0 Å². The Hall–Kier alpha value is -1.02. The quantitative estimate of drug-likeness (QED) is 0.779. The van der Waals surface area contributed by atoms with Crippen molar-refractivity contribution in [2.24, 2.45) is 11.8 Å². The second kappa shape index (κ2) is 6.79. The van der Waals surface area contributed by atoms with Crippen LogP contribution in [0.2, 0.25) is 0 Å². The van der Waals surface area contributed by atoms with E-state index in [1.54, 1.807) is 0 Å². The summed E-state index contributed by atoms with van der Waals surface area (Å²) in [7, 11) is 4.29. The molecule has 0 bridgehead atoms. The number of hydrogen-bond acceptors (Lipinski definition) is 2. The van der Waals surface area contributed by atoms with Gasteiger partial charge in [-0.25, -0.2) is 0 Å². The van der Waals surface area contributed by atoms with E-state index in [1.807, 2.05) is 6.07 Å². The predicted molar refractivity (Wildman–Crippen MR) is 80.8 cm³/mol. The van der Waals surface area contributed by atoms with E-state index in [9.17, 15) is 0 Å². The maximum Gasteiger partial charge on any atom is 0.0316 e. The number of nitrogens with two attached hydrogens (primary N) is 1. The lowest BCUT2D eigenvalue weighted by molar-refractivity contribution is 0.244. The molecule has 2 heteroatoms. The first-order valence-electron chi connectivity index (χ1n) is 6.95. The molecule has 3 unspecified atom stereocenters. The van der Waals surface area contributed by atoms with Crippen LogP contribution < -0.4 is 5.73 Å². The number of anilines is 1. The minimum Gasteiger partial charge on any atom is -0.399 e. The molecule has 0 aliphatic carbocycles. The summed E-state index contributed by atoms with van der Waals surface area (Å²) in [5.74, 6) is 1.95. The van der Waals surface area contributed by atoms with Gasteiger partial charge in [-0.15, -0.1) is 0 Å². The molecule has 0 saturated carbocycles. The van der Waals surface area contributed by atoms with Crippen molar-refractivity contribution in [1.82, 2.24) is 4.90 Å².